The van der Waals surface area contributed by atoms with Crippen LogP contribution < -0.4 is 4.74 Å². The van der Waals surface area contributed by atoms with Crippen LogP contribution in [0, 0.1) is 6.92 Å². The highest BCUT2D eigenvalue weighted by Crippen LogP contribution is 2.50. The van der Waals surface area contributed by atoms with Gasteiger partial charge in [0.1, 0.15) is 5.75 Å². The predicted octanol–water partition coefficient (Wildman–Crippen LogP) is 2.02. The molecule has 0 atom stereocenters. The van der Waals surface area contributed by atoms with E-state index in [-0.39, 0.29) is 17.4 Å². The lowest BCUT2D eigenvalue weighted by Gasteiger charge is -2.33. The first-order valence-corrected chi connectivity index (χ1v) is 7.69. The largest absolute Gasteiger partial charge is 0.496 e. The number of rotatable bonds is 3. The molecule has 1 heterocycles. The van der Waals surface area contributed by atoms with Gasteiger partial charge in [0, 0.05) is 13.1 Å². The summed E-state index contributed by atoms with van der Waals surface area (Å²) < 4.78 is 5.39. The van der Waals surface area contributed by atoms with Gasteiger partial charge < -0.3 is 14.7 Å². The Bertz CT molecular complexity index is 543. The van der Waals surface area contributed by atoms with Crippen molar-refractivity contribution in [3.63, 3.8) is 0 Å². The molecule has 1 aliphatic carbocycles. The smallest absolute Gasteiger partial charge is 0.233 e. The summed E-state index contributed by atoms with van der Waals surface area (Å²) in [5.41, 5.74) is 1.81. The molecular formula is C17H23NO3. The van der Waals surface area contributed by atoms with E-state index >= 15 is 0 Å². The maximum atomic E-state index is 12.9. The maximum Gasteiger partial charge on any atom is 0.233 e. The fourth-order valence-corrected chi connectivity index (χ4v) is 3.24. The van der Waals surface area contributed by atoms with E-state index in [9.17, 15) is 9.90 Å². The zero-order valence-corrected chi connectivity index (χ0v) is 12.8. The highest BCUT2D eigenvalue weighted by molar-refractivity contribution is 5.91. The Hall–Kier alpha value is -1.55. The number of carbonyl (C=O) groups is 1. The number of benzene rings is 1. The first kappa shape index (κ1) is 14.4. The minimum Gasteiger partial charge on any atom is -0.496 e. The lowest BCUT2D eigenvalue weighted by molar-refractivity contribution is -0.136. The molecule has 2 aliphatic rings. The van der Waals surface area contributed by atoms with E-state index in [0.29, 0.717) is 25.9 Å². The minimum absolute atomic E-state index is 0.223. The van der Waals surface area contributed by atoms with Gasteiger partial charge >= 0.3 is 0 Å². The third kappa shape index (κ3) is 2.53. The first-order valence-electron chi connectivity index (χ1n) is 7.69. The third-order valence-corrected chi connectivity index (χ3v) is 4.87. The van der Waals surface area contributed by atoms with E-state index < -0.39 is 0 Å². The van der Waals surface area contributed by atoms with Crippen molar-refractivity contribution in [3.05, 3.63) is 29.3 Å². The number of hydrogen-bond donors (Lipinski definition) is 1. The molecule has 1 aromatic rings. The van der Waals surface area contributed by atoms with E-state index in [4.69, 9.17) is 4.74 Å². The van der Waals surface area contributed by atoms with Crippen LogP contribution in [0.4, 0.5) is 0 Å². The van der Waals surface area contributed by atoms with Crippen LogP contribution in [0.15, 0.2) is 18.2 Å². The number of piperidine rings is 1. The molecule has 4 nitrogen and oxygen atoms in total. The lowest BCUT2D eigenvalue weighted by Crippen LogP contribution is -2.45. The molecule has 0 aromatic heterocycles. The summed E-state index contributed by atoms with van der Waals surface area (Å²) in [6.07, 6.45) is 2.97. The Balaban J connectivity index is 1.82. The van der Waals surface area contributed by atoms with Crippen molar-refractivity contribution in [2.24, 2.45) is 0 Å². The Labute approximate surface area is 125 Å². The van der Waals surface area contributed by atoms with E-state index in [1.165, 1.54) is 0 Å². The molecule has 114 valence electrons. The molecule has 3 rings (SSSR count). The second kappa shape index (κ2) is 5.34. The third-order valence-electron chi connectivity index (χ3n) is 4.87. The van der Waals surface area contributed by atoms with Gasteiger partial charge in [0.15, 0.2) is 0 Å². The molecule has 0 radical (unpaired) electrons. The first-order chi connectivity index (χ1) is 10.1. The number of amides is 1. The van der Waals surface area contributed by atoms with Crippen molar-refractivity contribution in [3.8, 4) is 5.75 Å². The van der Waals surface area contributed by atoms with Crippen LogP contribution in [-0.4, -0.2) is 42.2 Å². The number of aliphatic hydroxyl groups excluding tert-OH is 1. The summed E-state index contributed by atoms with van der Waals surface area (Å²) in [6.45, 7) is 3.35. The SMILES string of the molecule is COc1cc(C2(C(=O)N3CCC(O)CC3)CC2)ccc1C. The Kier molecular flexibility index (Phi) is 3.66. The van der Waals surface area contributed by atoms with Gasteiger partial charge in [-0.15, -0.1) is 0 Å². The number of ether oxygens (including phenoxy) is 1. The number of hydrogen-bond acceptors (Lipinski definition) is 3. The van der Waals surface area contributed by atoms with Gasteiger partial charge in [0.05, 0.1) is 18.6 Å². The monoisotopic (exact) mass is 289 g/mol. The van der Waals surface area contributed by atoms with E-state index in [1.807, 2.05) is 24.0 Å². The number of methoxy groups -OCH3 is 1. The van der Waals surface area contributed by atoms with E-state index in [2.05, 4.69) is 6.07 Å². The average molecular weight is 289 g/mol. The minimum atomic E-state index is -0.344. The van der Waals surface area contributed by atoms with Gasteiger partial charge in [0.25, 0.3) is 0 Å². The summed E-state index contributed by atoms with van der Waals surface area (Å²) in [6, 6.07) is 6.10. The van der Waals surface area contributed by atoms with Crippen LogP contribution in [0.1, 0.15) is 36.8 Å². The molecular weight excluding hydrogens is 266 g/mol. The molecule has 1 amide bonds. The molecule has 0 unspecified atom stereocenters. The highest BCUT2D eigenvalue weighted by atomic mass is 16.5. The molecule has 4 heteroatoms. The second-order valence-electron chi connectivity index (χ2n) is 6.29. The van der Waals surface area contributed by atoms with Gasteiger partial charge in [-0.1, -0.05) is 12.1 Å². The van der Waals surface area contributed by atoms with Gasteiger partial charge in [-0.25, -0.2) is 0 Å². The van der Waals surface area contributed by atoms with Crippen molar-refractivity contribution >= 4 is 5.91 Å². The van der Waals surface area contributed by atoms with Gasteiger partial charge in [0.2, 0.25) is 5.91 Å². The average Bonchev–Trinajstić information content (AvgIpc) is 3.29. The Morgan fingerprint density at radius 1 is 1.33 bits per heavy atom. The summed E-state index contributed by atoms with van der Waals surface area (Å²) in [4.78, 5) is 14.8. The summed E-state index contributed by atoms with van der Waals surface area (Å²) in [5, 5.41) is 9.59. The maximum absolute atomic E-state index is 12.9. The Morgan fingerprint density at radius 2 is 2.00 bits per heavy atom. The number of likely N-dealkylation sites (tertiary alicyclic amines) is 1. The lowest BCUT2D eigenvalue weighted by atomic mass is 9.92. The fourth-order valence-electron chi connectivity index (χ4n) is 3.24. The molecule has 2 fully saturated rings. The zero-order chi connectivity index (χ0) is 15.0. The molecule has 1 aromatic carbocycles. The zero-order valence-electron chi connectivity index (χ0n) is 12.8. The van der Waals surface area contributed by atoms with Crippen molar-refractivity contribution in [2.45, 2.75) is 44.1 Å². The summed E-state index contributed by atoms with van der Waals surface area (Å²) >= 11 is 0. The number of aryl methyl sites for hydroxylation is 1. The fraction of sp³-hybridized carbons (Fsp3) is 0.588. The molecule has 0 bridgehead atoms. The van der Waals surface area contributed by atoms with Crippen molar-refractivity contribution < 1.29 is 14.6 Å². The Morgan fingerprint density at radius 3 is 2.57 bits per heavy atom. The molecule has 1 N–H and O–H groups in total. The van der Waals surface area contributed by atoms with E-state index in [0.717, 1.165) is 29.7 Å². The molecule has 1 saturated carbocycles. The quantitative estimate of drug-likeness (QED) is 0.926. The second-order valence-corrected chi connectivity index (χ2v) is 6.29. The summed E-state index contributed by atoms with van der Waals surface area (Å²) in [7, 11) is 1.67. The van der Waals surface area contributed by atoms with Crippen molar-refractivity contribution in [2.75, 3.05) is 20.2 Å². The molecule has 21 heavy (non-hydrogen) atoms. The number of nitrogens with zero attached hydrogens (tertiary/aromatic N) is 1. The molecule has 0 spiro atoms. The number of aliphatic hydroxyl groups is 1. The van der Waals surface area contributed by atoms with Crippen LogP contribution in [0.25, 0.3) is 0 Å². The molecule has 1 aliphatic heterocycles. The van der Waals surface area contributed by atoms with Crippen molar-refractivity contribution in [1.82, 2.24) is 4.90 Å². The van der Waals surface area contributed by atoms with Crippen LogP contribution >= 0.6 is 0 Å². The van der Waals surface area contributed by atoms with Gasteiger partial charge in [-0.3, -0.25) is 4.79 Å². The normalized spacial score (nSPS) is 21.2. The van der Waals surface area contributed by atoms with Crippen LogP contribution in [0.5, 0.6) is 5.75 Å². The van der Waals surface area contributed by atoms with Gasteiger partial charge in [-0.2, -0.15) is 0 Å². The van der Waals surface area contributed by atoms with Crippen LogP contribution in [0.2, 0.25) is 0 Å². The predicted molar refractivity (Wildman–Crippen MR) is 80.5 cm³/mol. The standard InChI is InChI=1S/C17H23NO3/c1-12-3-4-13(11-15(12)21-2)17(7-8-17)16(20)18-9-5-14(19)6-10-18/h3-4,11,14,19H,5-10H2,1-2H3. The van der Waals surface area contributed by atoms with Crippen molar-refractivity contribution in [1.29, 1.82) is 0 Å². The molecule has 1 saturated heterocycles. The number of carbonyl (C=O) groups excluding carboxylic acids is 1. The van der Waals surface area contributed by atoms with Crippen LogP contribution in [-0.2, 0) is 10.2 Å². The topological polar surface area (TPSA) is 49.8 Å². The summed E-state index contributed by atoms with van der Waals surface area (Å²) in [5.74, 6) is 1.07. The van der Waals surface area contributed by atoms with Gasteiger partial charge in [-0.05, 0) is 49.8 Å². The highest BCUT2D eigenvalue weighted by Gasteiger charge is 2.53. The van der Waals surface area contributed by atoms with E-state index in [1.54, 1.807) is 7.11 Å². The van der Waals surface area contributed by atoms with Crippen LogP contribution in [0.3, 0.4) is 0 Å².